The van der Waals surface area contributed by atoms with Crippen molar-refractivity contribution in [3.63, 3.8) is 0 Å². The molecule has 0 saturated carbocycles. The summed E-state index contributed by atoms with van der Waals surface area (Å²) in [7, 11) is 1.75. The van der Waals surface area contributed by atoms with E-state index in [0.29, 0.717) is 26.7 Å². The van der Waals surface area contributed by atoms with Crippen LogP contribution in [0.2, 0.25) is 10.0 Å². The number of carbonyl (C=O) groups excluding carboxylic acids is 2. The lowest BCUT2D eigenvalue weighted by Gasteiger charge is -2.08. The summed E-state index contributed by atoms with van der Waals surface area (Å²) in [6.07, 6.45) is 1.42. The van der Waals surface area contributed by atoms with Gasteiger partial charge in [-0.1, -0.05) is 35.0 Å². The summed E-state index contributed by atoms with van der Waals surface area (Å²) in [6, 6.07) is 8.03. The van der Waals surface area contributed by atoms with Gasteiger partial charge in [0, 0.05) is 12.1 Å². The van der Waals surface area contributed by atoms with Crippen LogP contribution in [0.15, 0.2) is 46.2 Å². The maximum Gasteiger partial charge on any atom is 0.287 e. The van der Waals surface area contributed by atoms with Crippen molar-refractivity contribution in [1.29, 1.82) is 0 Å². The molecule has 8 nitrogen and oxygen atoms in total. The number of hydrogen-bond acceptors (Lipinski definition) is 6. The predicted octanol–water partition coefficient (Wildman–Crippen LogP) is 3.38. The lowest BCUT2D eigenvalue weighted by atomic mass is 10.3. The number of furan rings is 1. The van der Waals surface area contributed by atoms with Crippen LogP contribution in [-0.4, -0.2) is 32.3 Å². The lowest BCUT2D eigenvalue weighted by molar-refractivity contribution is -0.113. The standard InChI is InChI=1S/C17H15Cl2N5O3S/c1-24-14(8-20-16(26)13-3-2-6-27-13)22-23-17(24)28-9-15(25)21-12-7-10(18)4-5-11(12)19/h2-7H,8-9H2,1H3,(H,20,26)(H,21,25). The second kappa shape index (κ2) is 9.13. The Bertz CT molecular complexity index is 991. The minimum absolute atomic E-state index is 0.105. The van der Waals surface area contributed by atoms with Crippen molar-refractivity contribution in [3.05, 3.63) is 58.2 Å². The molecule has 11 heteroatoms. The summed E-state index contributed by atoms with van der Waals surface area (Å²) in [4.78, 5) is 24.1. The third kappa shape index (κ3) is 5.06. The van der Waals surface area contributed by atoms with Crippen LogP contribution in [-0.2, 0) is 18.4 Å². The Kier molecular flexibility index (Phi) is 6.61. The SMILES string of the molecule is Cn1c(CNC(=O)c2ccco2)nnc1SCC(=O)Nc1cc(Cl)ccc1Cl. The summed E-state index contributed by atoms with van der Waals surface area (Å²) < 4.78 is 6.73. The average Bonchev–Trinajstić information content (AvgIpc) is 3.32. The van der Waals surface area contributed by atoms with E-state index in [-0.39, 0.29) is 29.9 Å². The number of nitrogens with one attached hydrogen (secondary N) is 2. The zero-order valence-corrected chi connectivity index (χ0v) is 16.9. The molecule has 2 heterocycles. The number of benzene rings is 1. The van der Waals surface area contributed by atoms with Crippen molar-refractivity contribution >= 4 is 52.5 Å². The first-order chi connectivity index (χ1) is 13.4. The van der Waals surface area contributed by atoms with Crippen molar-refractivity contribution in [3.8, 4) is 0 Å². The fourth-order valence-electron chi connectivity index (χ4n) is 2.19. The molecule has 2 N–H and O–H groups in total. The number of halogens is 2. The topological polar surface area (TPSA) is 102 Å². The first-order valence-electron chi connectivity index (χ1n) is 8.01. The van der Waals surface area contributed by atoms with Crippen molar-refractivity contribution in [1.82, 2.24) is 20.1 Å². The Morgan fingerprint density at radius 3 is 2.82 bits per heavy atom. The summed E-state index contributed by atoms with van der Waals surface area (Å²) >= 11 is 13.2. The molecule has 0 unspecified atom stereocenters. The van der Waals surface area contributed by atoms with Crippen LogP contribution in [0.4, 0.5) is 5.69 Å². The number of nitrogens with zero attached hydrogens (tertiary/aromatic N) is 3. The highest BCUT2D eigenvalue weighted by atomic mass is 35.5. The largest absolute Gasteiger partial charge is 0.459 e. The second-order valence-electron chi connectivity index (χ2n) is 5.58. The number of thioether (sulfide) groups is 1. The molecule has 28 heavy (non-hydrogen) atoms. The van der Waals surface area contributed by atoms with Crippen molar-refractivity contribution in [2.24, 2.45) is 7.05 Å². The van der Waals surface area contributed by atoms with Gasteiger partial charge in [-0.25, -0.2) is 0 Å². The van der Waals surface area contributed by atoms with E-state index >= 15 is 0 Å². The maximum absolute atomic E-state index is 12.2. The molecule has 0 spiro atoms. The van der Waals surface area contributed by atoms with Crippen LogP contribution in [0, 0.1) is 0 Å². The molecule has 2 amide bonds. The highest BCUT2D eigenvalue weighted by Crippen LogP contribution is 2.26. The fourth-order valence-corrected chi connectivity index (χ4v) is 3.26. The van der Waals surface area contributed by atoms with Crippen LogP contribution in [0.1, 0.15) is 16.4 Å². The number of aromatic nitrogens is 3. The van der Waals surface area contributed by atoms with E-state index in [1.165, 1.54) is 18.0 Å². The number of anilines is 1. The quantitative estimate of drug-likeness (QED) is 0.547. The smallest absolute Gasteiger partial charge is 0.287 e. The molecule has 0 fully saturated rings. The Morgan fingerprint density at radius 2 is 2.07 bits per heavy atom. The van der Waals surface area contributed by atoms with E-state index in [9.17, 15) is 9.59 Å². The van der Waals surface area contributed by atoms with Gasteiger partial charge in [-0.15, -0.1) is 10.2 Å². The van der Waals surface area contributed by atoms with Gasteiger partial charge in [0.2, 0.25) is 5.91 Å². The molecule has 3 rings (SSSR count). The van der Waals surface area contributed by atoms with Crippen LogP contribution in [0.3, 0.4) is 0 Å². The Hall–Kier alpha value is -2.49. The predicted molar refractivity (Wildman–Crippen MR) is 107 cm³/mol. The first kappa shape index (κ1) is 20.2. The van der Waals surface area contributed by atoms with Gasteiger partial charge in [0.25, 0.3) is 5.91 Å². The van der Waals surface area contributed by atoms with Gasteiger partial charge in [-0.05, 0) is 30.3 Å². The van der Waals surface area contributed by atoms with E-state index < -0.39 is 0 Å². The Balaban J connectivity index is 1.53. The molecule has 0 aliphatic rings. The van der Waals surface area contributed by atoms with E-state index in [4.69, 9.17) is 27.6 Å². The van der Waals surface area contributed by atoms with Gasteiger partial charge in [0.1, 0.15) is 0 Å². The van der Waals surface area contributed by atoms with Crippen molar-refractivity contribution in [2.45, 2.75) is 11.7 Å². The van der Waals surface area contributed by atoms with Crippen LogP contribution in [0.25, 0.3) is 0 Å². The second-order valence-corrected chi connectivity index (χ2v) is 7.36. The van der Waals surface area contributed by atoms with Gasteiger partial charge >= 0.3 is 0 Å². The summed E-state index contributed by atoms with van der Waals surface area (Å²) in [5, 5.41) is 14.9. The van der Waals surface area contributed by atoms with Gasteiger partial charge in [0.05, 0.1) is 29.3 Å². The van der Waals surface area contributed by atoms with E-state index in [1.807, 2.05) is 0 Å². The van der Waals surface area contributed by atoms with Crippen LogP contribution in [0.5, 0.6) is 0 Å². The molecule has 0 saturated heterocycles. The zero-order valence-electron chi connectivity index (χ0n) is 14.6. The third-order valence-electron chi connectivity index (χ3n) is 3.61. The zero-order chi connectivity index (χ0) is 20.1. The number of carbonyl (C=O) groups is 2. The van der Waals surface area contributed by atoms with E-state index in [1.54, 1.807) is 41.9 Å². The summed E-state index contributed by atoms with van der Waals surface area (Å²) in [5.41, 5.74) is 0.444. The van der Waals surface area contributed by atoms with E-state index in [2.05, 4.69) is 20.8 Å². The Morgan fingerprint density at radius 1 is 1.25 bits per heavy atom. The van der Waals surface area contributed by atoms with Crippen LogP contribution < -0.4 is 10.6 Å². The van der Waals surface area contributed by atoms with Crippen LogP contribution >= 0.6 is 35.0 Å². The number of rotatable bonds is 7. The molecule has 0 radical (unpaired) electrons. The molecule has 0 bridgehead atoms. The highest BCUT2D eigenvalue weighted by Gasteiger charge is 2.14. The number of hydrogen-bond donors (Lipinski definition) is 2. The minimum atomic E-state index is -0.347. The summed E-state index contributed by atoms with van der Waals surface area (Å²) in [5.74, 6) is 0.256. The molecule has 146 valence electrons. The van der Waals surface area contributed by atoms with Crippen molar-refractivity contribution in [2.75, 3.05) is 11.1 Å². The highest BCUT2D eigenvalue weighted by molar-refractivity contribution is 7.99. The number of amides is 2. The van der Waals surface area contributed by atoms with Crippen molar-refractivity contribution < 1.29 is 14.0 Å². The van der Waals surface area contributed by atoms with Gasteiger partial charge in [-0.2, -0.15) is 0 Å². The molecule has 0 atom stereocenters. The third-order valence-corrected chi connectivity index (χ3v) is 5.20. The average molecular weight is 440 g/mol. The van der Waals surface area contributed by atoms with Gasteiger partial charge in [0.15, 0.2) is 16.7 Å². The summed E-state index contributed by atoms with van der Waals surface area (Å²) in [6.45, 7) is 0.175. The minimum Gasteiger partial charge on any atom is -0.459 e. The lowest BCUT2D eigenvalue weighted by Crippen LogP contribution is -2.24. The monoisotopic (exact) mass is 439 g/mol. The van der Waals surface area contributed by atoms with Gasteiger partial charge < -0.3 is 19.6 Å². The molecule has 1 aromatic carbocycles. The molecular formula is C17H15Cl2N5O3S. The fraction of sp³-hybridized carbons (Fsp3) is 0.176. The van der Waals surface area contributed by atoms with Gasteiger partial charge in [-0.3, -0.25) is 9.59 Å². The molecule has 3 aromatic rings. The molecule has 0 aliphatic carbocycles. The molecule has 2 aromatic heterocycles. The Labute approximate surface area is 174 Å². The molecular weight excluding hydrogens is 425 g/mol. The first-order valence-corrected chi connectivity index (χ1v) is 9.76. The van der Waals surface area contributed by atoms with E-state index in [0.717, 1.165) is 0 Å². The normalized spacial score (nSPS) is 10.7. The molecule has 0 aliphatic heterocycles. The maximum atomic E-state index is 12.2.